The minimum atomic E-state index is -4.52. The first kappa shape index (κ1) is 17.2. The quantitative estimate of drug-likeness (QED) is 0.655. The zero-order chi connectivity index (χ0) is 18.2. The first-order valence-corrected chi connectivity index (χ1v) is 7.68. The van der Waals surface area contributed by atoms with Gasteiger partial charge in [0.2, 0.25) is 0 Å². The molecule has 0 saturated heterocycles. The average Bonchev–Trinajstić information content (AvgIpc) is 2.54. The van der Waals surface area contributed by atoms with Crippen molar-refractivity contribution in [3.05, 3.63) is 70.4 Å². The van der Waals surface area contributed by atoms with E-state index in [1.165, 1.54) is 0 Å². The Morgan fingerprint density at radius 3 is 2.56 bits per heavy atom. The van der Waals surface area contributed by atoms with Crippen LogP contribution in [0.15, 0.2) is 48.5 Å². The minimum absolute atomic E-state index is 0.0245. The Balaban J connectivity index is 2.01. The van der Waals surface area contributed by atoms with Gasteiger partial charge in [0.15, 0.2) is 0 Å². The lowest BCUT2D eigenvalue weighted by atomic mass is 10.1. The number of aromatic nitrogens is 1. The Hall–Kier alpha value is -2.60. The number of benzene rings is 2. The highest BCUT2D eigenvalue weighted by molar-refractivity contribution is 6.34. The van der Waals surface area contributed by atoms with Crippen LogP contribution in [0.5, 0.6) is 0 Å². The third kappa shape index (κ3) is 3.58. The van der Waals surface area contributed by atoms with E-state index in [4.69, 9.17) is 11.6 Å². The van der Waals surface area contributed by atoms with Gasteiger partial charge in [-0.1, -0.05) is 29.8 Å². The number of hydrogen-bond acceptors (Lipinski definition) is 2. The molecule has 7 heteroatoms. The van der Waals surface area contributed by atoms with Crippen LogP contribution >= 0.6 is 11.6 Å². The minimum Gasteiger partial charge on any atom is -0.321 e. The molecule has 3 aromatic rings. The van der Waals surface area contributed by atoms with Gasteiger partial charge >= 0.3 is 6.18 Å². The van der Waals surface area contributed by atoms with Gasteiger partial charge in [-0.3, -0.25) is 9.78 Å². The van der Waals surface area contributed by atoms with Crippen LogP contribution in [0.25, 0.3) is 10.9 Å². The number of rotatable bonds is 2. The number of carbonyl (C=O) groups is 1. The van der Waals surface area contributed by atoms with Gasteiger partial charge < -0.3 is 5.32 Å². The van der Waals surface area contributed by atoms with Gasteiger partial charge in [0.05, 0.1) is 27.4 Å². The maximum atomic E-state index is 12.9. The van der Waals surface area contributed by atoms with Crippen LogP contribution in [0.2, 0.25) is 5.02 Å². The van der Waals surface area contributed by atoms with Crippen LogP contribution in [0.1, 0.15) is 21.6 Å². The van der Waals surface area contributed by atoms with Crippen LogP contribution in [-0.2, 0) is 6.18 Å². The summed E-state index contributed by atoms with van der Waals surface area (Å²) in [6.07, 6.45) is -4.52. The molecule has 0 unspecified atom stereocenters. The number of carbonyl (C=O) groups excluding carboxylic acids is 1. The Morgan fingerprint density at radius 2 is 1.84 bits per heavy atom. The second kappa shape index (κ2) is 6.37. The molecule has 0 aliphatic rings. The summed E-state index contributed by atoms with van der Waals surface area (Å²) in [6, 6.07) is 11.4. The zero-order valence-corrected chi connectivity index (χ0v) is 13.7. The Morgan fingerprint density at radius 1 is 1.12 bits per heavy atom. The van der Waals surface area contributed by atoms with Gasteiger partial charge in [-0.25, -0.2) is 0 Å². The molecule has 1 heterocycles. The van der Waals surface area contributed by atoms with Gasteiger partial charge in [0, 0.05) is 11.1 Å². The third-order valence-corrected chi connectivity index (χ3v) is 3.96. The van der Waals surface area contributed by atoms with Crippen molar-refractivity contribution >= 4 is 34.1 Å². The van der Waals surface area contributed by atoms with E-state index < -0.39 is 17.6 Å². The van der Waals surface area contributed by atoms with Crippen LogP contribution in [0.4, 0.5) is 18.9 Å². The first-order valence-electron chi connectivity index (χ1n) is 7.30. The van der Waals surface area contributed by atoms with Gasteiger partial charge in [0.25, 0.3) is 5.91 Å². The van der Waals surface area contributed by atoms with Crippen molar-refractivity contribution in [1.82, 2.24) is 4.98 Å². The van der Waals surface area contributed by atoms with Gasteiger partial charge in [-0.05, 0) is 37.3 Å². The van der Waals surface area contributed by atoms with E-state index in [9.17, 15) is 18.0 Å². The molecule has 3 rings (SSSR count). The molecular weight excluding hydrogens is 353 g/mol. The first-order chi connectivity index (χ1) is 11.8. The largest absolute Gasteiger partial charge is 0.416 e. The third-order valence-electron chi connectivity index (χ3n) is 3.63. The topological polar surface area (TPSA) is 42.0 Å². The predicted octanol–water partition coefficient (Wildman–Crippen LogP) is 5.47. The highest BCUT2D eigenvalue weighted by atomic mass is 35.5. The molecule has 2 aromatic carbocycles. The maximum Gasteiger partial charge on any atom is 0.416 e. The van der Waals surface area contributed by atoms with Crippen molar-refractivity contribution in [2.45, 2.75) is 13.1 Å². The predicted molar refractivity (Wildman–Crippen MR) is 90.9 cm³/mol. The number of nitrogens with one attached hydrogen (secondary N) is 1. The Kier molecular flexibility index (Phi) is 4.39. The monoisotopic (exact) mass is 364 g/mol. The van der Waals surface area contributed by atoms with Gasteiger partial charge in [-0.2, -0.15) is 13.2 Å². The van der Waals surface area contributed by atoms with Crippen molar-refractivity contribution in [3.63, 3.8) is 0 Å². The summed E-state index contributed by atoms with van der Waals surface area (Å²) in [5, 5.41) is 3.09. The Labute approximate surface area is 146 Å². The number of para-hydroxylation sites is 1. The fraction of sp³-hybridized carbons (Fsp3) is 0.111. The number of alkyl halides is 3. The fourth-order valence-corrected chi connectivity index (χ4v) is 2.65. The van der Waals surface area contributed by atoms with E-state index in [0.29, 0.717) is 22.2 Å². The number of nitrogens with zero attached hydrogens (tertiary/aromatic N) is 1. The molecule has 0 fully saturated rings. The number of pyridine rings is 1. The molecule has 0 saturated carbocycles. The summed E-state index contributed by atoms with van der Waals surface area (Å²) in [4.78, 5) is 16.9. The van der Waals surface area contributed by atoms with E-state index in [2.05, 4.69) is 10.3 Å². The molecule has 0 bridgehead atoms. The van der Waals surface area contributed by atoms with Crippen molar-refractivity contribution < 1.29 is 18.0 Å². The van der Waals surface area contributed by atoms with E-state index in [1.807, 2.05) is 0 Å². The molecule has 0 aliphatic carbocycles. The highest BCUT2D eigenvalue weighted by Crippen LogP contribution is 2.34. The molecule has 3 nitrogen and oxygen atoms in total. The normalized spacial score (nSPS) is 11.6. The number of fused-ring (bicyclic) bond motifs is 1. The van der Waals surface area contributed by atoms with E-state index in [1.54, 1.807) is 37.3 Å². The second-order valence-corrected chi connectivity index (χ2v) is 5.88. The SMILES string of the molecule is Cc1cc(C(=O)Nc2cc(C(F)(F)F)ccc2Cl)c2ccccc2n1. The number of hydrogen-bond donors (Lipinski definition) is 1. The number of aryl methyl sites for hydroxylation is 1. The van der Waals surface area contributed by atoms with Crippen molar-refractivity contribution in [1.29, 1.82) is 0 Å². The van der Waals surface area contributed by atoms with Crippen LogP contribution < -0.4 is 5.32 Å². The number of anilines is 1. The highest BCUT2D eigenvalue weighted by Gasteiger charge is 2.31. The standard InChI is InChI=1S/C18H12ClF3N2O/c1-10-8-13(12-4-2-3-5-15(12)23-10)17(25)24-16-9-11(18(20,21)22)6-7-14(16)19/h2-9H,1H3,(H,24,25). The lowest BCUT2D eigenvalue weighted by Gasteiger charge is -2.13. The number of halogens is 4. The van der Waals surface area contributed by atoms with Crippen molar-refractivity contribution in [2.75, 3.05) is 5.32 Å². The van der Waals surface area contributed by atoms with Gasteiger partial charge in [-0.15, -0.1) is 0 Å². The summed E-state index contributed by atoms with van der Waals surface area (Å²) in [5.41, 5.74) is 0.585. The van der Waals surface area contributed by atoms with E-state index in [-0.39, 0.29) is 10.7 Å². The summed E-state index contributed by atoms with van der Waals surface area (Å²) >= 11 is 5.93. The van der Waals surface area contributed by atoms with Crippen LogP contribution in [0.3, 0.4) is 0 Å². The molecule has 25 heavy (non-hydrogen) atoms. The Bertz CT molecular complexity index is 970. The molecule has 1 amide bonds. The molecule has 0 spiro atoms. The fourth-order valence-electron chi connectivity index (χ4n) is 2.48. The van der Waals surface area contributed by atoms with Gasteiger partial charge in [0.1, 0.15) is 0 Å². The lowest BCUT2D eigenvalue weighted by Crippen LogP contribution is -2.14. The molecule has 128 valence electrons. The summed E-state index contributed by atoms with van der Waals surface area (Å²) in [5.74, 6) is -0.553. The molecular formula is C18H12ClF3N2O. The van der Waals surface area contributed by atoms with E-state index in [0.717, 1.165) is 18.2 Å². The van der Waals surface area contributed by atoms with Crippen molar-refractivity contribution in [3.8, 4) is 0 Å². The lowest BCUT2D eigenvalue weighted by molar-refractivity contribution is -0.137. The summed E-state index contributed by atoms with van der Waals surface area (Å²) in [6.45, 7) is 1.74. The summed E-state index contributed by atoms with van der Waals surface area (Å²) in [7, 11) is 0. The van der Waals surface area contributed by atoms with Crippen molar-refractivity contribution in [2.24, 2.45) is 0 Å². The maximum absolute atomic E-state index is 12.9. The molecule has 0 atom stereocenters. The second-order valence-electron chi connectivity index (χ2n) is 5.47. The molecule has 0 aliphatic heterocycles. The number of amides is 1. The van der Waals surface area contributed by atoms with Crippen LogP contribution in [-0.4, -0.2) is 10.9 Å². The van der Waals surface area contributed by atoms with Crippen LogP contribution in [0, 0.1) is 6.92 Å². The zero-order valence-electron chi connectivity index (χ0n) is 13.0. The molecule has 1 aromatic heterocycles. The molecule has 1 N–H and O–H groups in total. The van der Waals surface area contributed by atoms with E-state index >= 15 is 0 Å². The summed E-state index contributed by atoms with van der Waals surface area (Å²) < 4.78 is 38.6. The average molecular weight is 365 g/mol. The smallest absolute Gasteiger partial charge is 0.321 e. The molecule has 0 radical (unpaired) electrons.